The molecule has 1 fully saturated rings. The number of aliphatic imine (C=N–C) groups is 1. The van der Waals surface area contributed by atoms with Crippen molar-refractivity contribution in [2.45, 2.75) is 25.6 Å². The Hall–Kier alpha value is -1.77. The van der Waals surface area contributed by atoms with Gasteiger partial charge in [-0.2, -0.15) is 18.3 Å². The van der Waals surface area contributed by atoms with E-state index in [1.54, 1.807) is 7.05 Å². The molecule has 0 amide bonds. The quantitative estimate of drug-likeness (QED) is 0.465. The van der Waals surface area contributed by atoms with Gasteiger partial charge in [0.05, 0.1) is 6.61 Å². The second kappa shape index (κ2) is 7.87. The molecule has 1 N–H and O–H groups in total. The first-order chi connectivity index (χ1) is 11.3. The monoisotopic (exact) mass is 347 g/mol. The van der Waals surface area contributed by atoms with Crippen LogP contribution in [0.15, 0.2) is 11.2 Å². The number of alkyl halides is 3. The van der Waals surface area contributed by atoms with E-state index < -0.39 is 11.9 Å². The summed E-state index contributed by atoms with van der Waals surface area (Å²) in [5, 5.41) is 6.43. The number of hydrogen-bond acceptors (Lipinski definition) is 3. The van der Waals surface area contributed by atoms with Gasteiger partial charge in [0.25, 0.3) is 0 Å². The molecule has 0 unspecified atom stereocenters. The number of hydrogen-bond donors (Lipinski definition) is 1. The smallest absolute Gasteiger partial charge is 0.379 e. The third-order valence-corrected chi connectivity index (χ3v) is 3.80. The van der Waals surface area contributed by atoms with Gasteiger partial charge < -0.3 is 15.0 Å². The number of halogens is 3. The minimum atomic E-state index is -4.47. The summed E-state index contributed by atoms with van der Waals surface area (Å²) in [4.78, 5) is 5.93. The molecule has 0 aromatic carbocycles. The minimum Gasteiger partial charge on any atom is -0.379 e. The molecule has 136 valence electrons. The Morgan fingerprint density at radius 1 is 1.50 bits per heavy atom. The first kappa shape index (κ1) is 18.6. The van der Waals surface area contributed by atoms with Crippen LogP contribution in [0.3, 0.4) is 0 Å². The lowest BCUT2D eigenvalue weighted by molar-refractivity contribution is -0.142. The zero-order valence-corrected chi connectivity index (χ0v) is 14.2. The highest BCUT2D eigenvalue weighted by Gasteiger charge is 2.36. The Bertz CT molecular complexity index is 566. The average Bonchev–Trinajstić information content (AvgIpc) is 3.24. The van der Waals surface area contributed by atoms with Gasteiger partial charge in [-0.3, -0.25) is 9.67 Å². The number of aromatic nitrogens is 2. The normalized spacial score (nSPS) is 15.7. The largest absolute Gasteiger partial charge is 0.435 e. The Morgan fingerprint density at radius 2 is 2.21 bits per heavy atom. The van der Waals surface area contributed by atoms with Crippen LogP contribution in [0.1, 0.15) is 24.1 Å². The molecule has 1 aromatic rings. The van der Waals surface area contributed by atoms with Crippen molar-refractivity contribution < 1.29 is 17.9 Å². The molecule has 1 saturated carbocycles. The number of aryl methyl sites for hydroxylation is 1. The molecule has 1 heterocycles. The number of nitrogens with zero attached hydrogens (tertiary/aromatic N) is 4. The van der Waals surface area contributed by atoms with Crippen LogP contribution in [0.5, 0.6) is 0 Å². The maximum absolute atomic E-state index is 12.9. The lowest BCUT2D eigenvalue weighted by Gasteiger charge is -2.22. The van der Waals surface area contributed by atoms with Crippen LogP contribution in [0.25, 0.3) is 0 Å². The summed E-state index contributed by atoms with van der Waals surface area (Å²) in [6, 6.07) is 0. The average molecular weight is 347 g/mol. The van der Waals surface area contributed by atoms with E-state index in [1.807, 2.05) is 11.9 Å². The molecule has 0 radical (unpaired) electrons. The van der Waals surface area contributed by atoms with Crippen LogP contribution in [-0.4, -0.2) is 54.5 Å². The minimum absolute atomic E-state index is 0.00261. The Kier molecular flexibility index (Phi) is 6.09. The number of guanidine groups is 1. The Labute approximate surface area is 139 Å². The van der Waals surface area contributed by atoms with Crippen molar-refractivity contribution in [3.05, 3.63) is 17.5 Å². The molecular weight excluding hydrogens is 323 g/mol. The van der Waals surface area contributed by atoms with E-state index in [-0.39, 0.29) is 12.1 Å². The van der Waals surface area contributed by atoms with Gasteiger partial charge in [0.15, 0.2) is 11.7 Å². The summed E-state index contributed by atoms with van der Waals surface area (Å²) in [7, 11) is 4.89. The molecule has 2 rings (SSSR count). The van der Waals surface area contributed by atoms with Gasteiger partial charge in [-0.1, -0.05) is 0 Å². The summed E-state index contributed by atoms with van der Waals surface area (Å²) < 4.78 is 45.6. The summed E-state index contributed by atoms with van der Waals surface area (Å²) >= 11 is 0. The molecular formula is C15H24F3N5O. The molecule has 24 heavy (non-hydrogen) atoms. The van der Waals surface area contributed by atoms with Gasteiger partial charge in [-0.05, 0) is 18.8 Å². The molecule has 0 atom stereocenters. The van der Waals surface area contributed by atoms with E-state index in [9.17, 15) is 13.2 Å². The van der Waals surface area contributed by atoms with E-state index in [2.05, 4.69) is 15.4 Å². The van der Waals surface area contributed by atoms with Crippen LogP contribution in [-0.2, 0) is 24.5 Å². The molecule has 0 bridgehead atoms. The predicted molar refractivity (Wildman–Crippen MR) is 84.6 cm³/mol. The van der Waals surface area contributed by atoms with Crippen molar-refractivity contribution in [3.63, 3.8) is 0 Å². The fraction of sp³-hybridized carbons (Fsp3) is 0.733. The number of rotatable bonds is 7. The molecule has 9 heteroatoms. The lowest BCUT2D eigenvalue weighted by atomic mass is 10.2. The molecule has 0 saturated heterocycles. The third kappa shape index (κ3) is 5.40. The molecule has 0 aliphatic heterocycles. The van der Waals surface area contributed by atoms with Gasteiger partial charge >= 0.3 is 6.18 Å². The van der Waals surface area contributed by atoms with E-state index in [1.165, 1.54) is 26.1 Å². The second-order valence-electron chi connectivity index (χ2n) is 6.01. The number of ether oxygens (including phenoxy) is 1. The highest BCUT2D eigenvalue weighted by Crippen LogP contribution is 2.30. The predicted octanol–water partition coefficient (Wildman–Crippen LogP) is 1.87. The highest BCUT2D eigenvalue weighted by atomic mass is 19.4. The van der Waals surface area contributed by atoms with Gasteiger partial charge in [0.2, 0.25) is 0 Å². The first-order valence-electron chi connectivity index (χ1n) is 7.90. The zero-order chi connectivity index (χ0) is 17.7. The maximum Gasteiger partial charge on any atom is 0.435 e. The van der Waals surface area contributed by atoms with Crippen LogP contribution >= 0.6 is 0 Å². The summed E-state index contributed by atoms with van der Waals surface area (Å²) in [6.07, 6.45) is -0.621. The Morgan fingerprint density at radius 3 is 2.79 bits per heavy atom. The first-order valence-corrected chi connectivity index (χ1v) is 7.90. The van der Waals surface area contributed by atoms with Gasteiger partial charge in [0, 0.05) is 52.6 Å². The van der Waals surface area contributed by atoms with Crippen LogP contribution in [0.2, 0.25) is 0 Å². The van der Waals surface area contributed by atoms with E-state index in [0.717, 1.165) is 11.3 Å². The summed E-state index contributed by atoms with van der Waals surface area (Å²) in [5.74, 6) is 1.22. The van der Waals surface area contributed by atoms with Crippen LogP contribution in [0, 0.1) is 5.92 Å². The van der Waals surface area contributed by atoms with E-state index in [4.69, 9.17) is 4.74 Å². The highest BCUT2D eigenvalue weighted by molar-refractivity contribution is 5.79. The van der Waals surface area contributed by atoms with Crippen molar-refractivity contribution in [1.82, 2.24) is 20.0 Å². The van der Waals surface area contributed by atoms with Crippen molar-refractivity contribution in [3.8, 4) is 0 Å². The second-order valence-corrected chi connectivity index (χ2v) is 6.01. The standard InChI is InChI=1S/C15H24F3N5O/c1-19-14(22(2)6-7-24-10-11-4-5-11)20-8-12-9-23(3)21-13(12)15(16,17)18/h9,11H,4-8,10H2,1-3H3,(H,19,20). The topological polar surface area (TPSA) is 54.7 Å². The third-order valence-electron chi connectivity index (χ3n) is 3.80. The SMILES string of the molecule is CN=C(NCc1cn(C)nc1C(F)(F)F)N(C)CCOCC1CC1. The molecule has 1 aliphatic rings. The van der Waals surface area contributed by atoms with E-state index >= 15 is 0 Å². The zero-order valence-electron chi connectivity index (χ0n) is 14.2. The molecule has 1 aliphatic carbocycles. The van der Waals surface area contributed by atoms with Crippen LogP contribution in [0.4, 0.5) is 13.2 Å². The molecule has 6 nitrogen and oxygen atoms in total. The van der Waals surface area contributed by atoms with Gasteiger partial charge in [-0.15, -0.1) is 0 Å². The maximum atomic E-state index is 12.9. The van der Waals surface area contributed by atoms with Gasteiger partial charge in [-0.25, -0.2) is 0 Å². The van der Waals surface area contributed by atoms with Crippen molar-refractivity contribution in [1.29, 1.82) is 0 Å². The molecule has 0 spiro atoms. The lowest BCUT2D eigenvalue weighted by Crippen LogP contribution is -2.40. The van der Waals surface area contributed by atoms with Crippen molar-refractivity contribution >= 4 is 5.96 Å². The van der Waals surface area contributed by atoms with Crippen molar-refractivity contribution in [2.24, 2.45) is 18.0 Å². The Balaban J connectivity index is 1.84. The number of likely N-dealkylation sites (N-methyl/N-ethyl adjacent to an activating group) is 1. The van der Waals surface area contributed by atoms with Crippen molar-refractivity contribution in [2.75, 3.05) is 33.9 Å². The van der Waals surface area contributed by atoms with Gasteiger partial charge in [0.1, 0.15) is 0 Å². The van der Waals surface area contributed by atoms with E-state index in [0.29, 0.717) is 25.0 Å². The molecule has 1 aromatic heterocycles. The number of nitrogens with one attached hydrogen (secondary N) is 1. The van der Waals surface area contributed by atoms with Crippen LogP contribution < -0.4 is 5.32 Å². The fourth-order valence-corrected chi connectivity index (χ4v) is 2.31. The summed E-state index contributed by atoms with van der Waals surface area (Å²) in [6.45, 7) is 1.97. The summed E-state index contributed by atoms with van der Waals surface area (Å²) in [5.41, 5.74) is -0.784. The fourth-order valence-electron chi connectivity index (χ4n) is 2.31.